The van der Waals surface area contributed by atoms with Crippen LogP contribution in [-0.4, -0.2) is 5.11 Å². The largest absolute Gasteiger partial charge is 0.508 e. The molecule has 2 aromatic rings. The first-order valence-electron chi connectivity index (χ1n) is 3.90. The number of benzene rings is 1. The molecule has 72 valence electrons. The minimum absolute atomic E-state index is 0.103. The molecule has 0 aliphatic heterocycles. The number of phenols is 1. The first-order chi connectivity index (χ1) is 6.68. The summed E-state index contributed by atoms with van der Waals surface area (Å²) in [5, 5.41) is 9.02. The molecule has 4 heteroatoms. The van der Waals surface area contributed by atoms with Crippen LogP contribution in [0.1, 0.15) is 0 Å². The van der Waals surface area contributed by atoms with Crippen LogP contribution in [0, 0.1) is 5.82 Å². The fraction of sp³-hybridized carbons (Fsp3) is 0. The fourth-order valence-electron chi connectivity index (χ4n) is 1.17. The van der Waals surface area contributed by atoms with E-state index in [9.17, 15) is 4.39 Å². The zero-order chi connectivity index (χ0) is 10.1. The standard InChI is InChI=1S/C10H6BrFO2/c11-8-3-4-14-10(8)7-2-1-6(13)5-9(7)12/h1-5,13H. The normalized spacial score (nSPS) is 10.4. The van der Waals surface area contributed by atoms with Gasteiger partial charge in [-0.2, -0.15) is 0 Å². The van der Waals surface area contributed by atoms with Crippen LogP contribution in [0.3, 0.4) is 0 Å². The van der Waals surface area contributed by atoms with Crippen molar-refractivity contribution in [2.45, 2.75) is 0 Å². The van der Waals surface area contributed by atoms with Crippen LogP contribution >= 0.6 is 15.9 Å². The Labute approximate surface area is 88.1 Å². The summed E-state index contributed by atoms with van der Waals surface area (Å²) in [5.74, 6) is -0.197. The van der Waals surface area contributed by atoms with E-state index in [4.69, 9.17) is 9.52 Å². The van der Waals surface area contributed by atoms with E-state index >= 15 is 0 Å². The van der Waals surface area contributed by atoms with Crippen molar-refractivity contribution in [3.05, 3.63) is 40.8 Å². The predicted molar refractivity (Wildman–Crippen MR) is 53.5 cm³/mol. The SMILES string of the molecule is Oc1ccc(-c2occc2Br)c(F)c1. The summed E-state index contributed by atoms with van der Waals surface area (Å²) < 4.78 is 19.1. The van der Waals surface area contributed by atoms with E-state index < -0.39 is 5.82 Å². The number of furan rings is 1. The van der Waals surface area contributed by atoms with Gasteiger partial charge in [0.25, 0.3) is 0 Å². The second kappa shape index (κ2) is 3.46. The highest BCUT2D eigenvalue weighted by molar-refractivity contribution is 9.10. The Hall–Kier alpha value is -1.29. The molecule has 1 aromatic carbocycles. The van der Waals surface area contributed by atoms with Crippen molar-refractivity contribution < 1.29 is 13.9 Å². The third-order valence-electron chi connectivity index (χ3n) is 1.81. The van der Waals surface area contributed by atoms with Crippen LogP contribution in [0.15, 0.2) is 39.4 Å². The Balaban J connectivity index is 2.58. The van der Waals surface area contributed by atoms with Gasteiger partial charge in [0.05, 0.1) is 16.3 Å². The minimum atomic E-state index is -0.513. The van der Waals surface area contributed by atoms with Crippen molar-refractivity contribution in [2.75, 3.05) is 0 Å². The van der Waals surface area contributed by atoms with Gasteiger partial charge in [0.15, 0.2) is 5.76 Å². The van der Waals surface area contributed by atoms with Crippen molar-refractivity contribution in [1.82, 2.24) is 0 Å². The quantitative estimate of drug-likeness (QED) is 0.847. The molecule has 1 N–H and O–H groups in total. The number of hydrogen-bond acceptors (Lipinski definition) is 2. The van der Waals surface area contributed by atoms with Gasteiger partial charge in [0, 0.05) is 6.07 Å². The Morgan fingerprint density at radius 1 is 1.29 bits per heavy atom. The van der Waals surface area contributed by atoms with Gasteiger partial charge in [0.2, 0.25) is 0 Å². The summed E-state index contributed by atoms with van der Waals surface area (Å²) in [5.41, 5.74) is 0.319. The number of hydrogen-bond donors (Lipinski definition) is 1. The molecule has 1 heterocycles. The van der Waals surface area contributed by atoms with Crippen molar-refractivity contribution in [1.29, 1.82) is 0 Å². The molecular formula is C10H6BrFO2. The average molecular weight is 257 g/mol. The molecule has 0 amide bonds. The lowest BCUT2D eigenvalue weighted by atomic mass is 10.1. The molecule has 0 bridgehead atoms. The minimum Gasteiger partial charge on any atom is -0.508 e. The van der Waals surface area contributed by atoms with E-state index in [0.717, 1.165) is 6.07 Å². The summed E-state index contributed by atoms with van der Waals surface area (Å²) in [6.07, 6.45) is 1.46. The second-order valence-corrected chi connectivity index (χ2v) is 3.62. The topological polar surface area (TPSA) is 33.4 Å². The van der Waals surface area contributed by atoms with E-state index in [1.807, 2.05) is 0 Å². The van der Waals surface area contributed by atoms with Crippen molar-refractivity contribution in [3.63, 3.8) is 0 Å². The van der Waals surface area contributed by atoms with Gasteiger partial charge in [-0.1, -0.05) is 0 Å². The summed E-state index contributed by atoms with van der Waals surface area (Å²) in [7, 11) is 0. The van der Waals surface area contributed by atoms with Crippen molar-refractivity contribution in [2.24, 2.45) is 0 Å². The Bertz CT molecular complexity index is 465. The molecule has 0 aliphatic rings. The zero-order valence-electron chi connectivity index (χ0n) is 7.00. The van der Waals surface area contributed by atoms with Crippen molar-refractivity contribution >= 4 is 15.9 Å². The second-order valence-electron chi connectivity index (χ2n) is 2.76. The molecule has 0 spiro atoms. The lowest BCUT2D eigenvalue weighted by Crippen LogP contribution is -1.82. The maximum atomic E-state index is 13.4. The highest BCUT2D eigenvalue weighted by Crippen LogP contribution is 2.32. The van der Waals surface area contributed by atoms with Crippen LogP contribution in [0.2, 0.25) is 0 Å². The molecule has 2 nitrogen and oxygen atoms in total. The molecule has 0 saturated heterocycles. The highest BCUT2D eigenvalue weighted by atomic mass is 79.9. The molecular weight excluding hydrogens is 251 g/mol. The third-order valence-corrected chi connectivity index (χ3v) is 2.44. The summed E-state index contributed by atoms with van der Waals surface area (Å²) in [6, 6.07) is 5.60. The van der Waals surface area contributed by atoms with E-state index in [2.05, 4.69) is 15.9 Å². The van der Waals surface area contributed by atoms with E-state index in [1.165, 1.54) is 18.4 Å². The maximum absolute atomic E-state index is 13.4. The summed E-state index contributed by atoms with van der Waals surface area (Å²) in [4.78, 5) is 0. The third kappa shape index (κ3) is 1.53. The number of phenolic OH excluding ortho intramolecular Hbond substituents is 1. The molecule has 0 unspecified atom stereocenters. The summed E-state index contributed by atoms with van der Waals surface area (Å²) >= 11 is 3.23. The lowest BCUT2D eigenvalue weighted by molar-refractivity contribution is 0.469. The number of halogens is 2. The van der Waals surface area contributed by atoms with Crippen molar-refractivity contribution in [3.8, 4) is 17.1 Å². The Morgan fingerprint density at radius 2 is 2.07 bits per heavy atom. The van der Waals surface area contributed by atoms with Gasteiger partial charge in [-0.05, 0) is 34.1 Å². The van der Waals surface area contributed by atoms with Crippen LogP contribution in [0.25, 0.3) is 11.3 Å². The fourth-order valence-corrected chi connectivity index (χ4v) is 1.59. The van der Waals surface area contributed by atoms with Crippen LogP contribution in [0.5, 0.6) is 5.75 Å². The molecule has 0 aliphatic carbocycles. The monoisotopic (exact) mass is 256 g/mol. The zero-order valence-corrected chi connectivity index (χ0v) is 8.58. The van der Waals surface area contributed by atoms with Gasteiger partial charge in [0.1, 0.15) is 11.6 Å². The lowest BCUT2D eigenvalue weighted by Gasteiger charge is -2.00. The molecule has 14 heavy (non-hydrogen) atoms. The van der Waals surface area contributed by atoms with E-state index in [0.29, 0.717) is 15.8 Å². The maximum Gasteiger partial charge on any atom is 0.150 e. The Morgan fingerprint density at radius 3 is 2.64 bits per heavy atom. The van der Waals surface area contributed by atoms with Gasteiger partial charge < -0.3 is 9.52 Å². The summed E-state index contributed by atoms with van der Waals surface area (Å²) in [6.45, 7) is 0. The molecule has 0 fully saturated rings. The van der Waals surface area contributed by atoms with Crippen LogP contribution in [0.4, 0.5) is 4.39 Å². The van der Waals surface area contributed by atoms with Gasteiger partial charge in [-0.3, -0.25) is 0 Å². The highest BCUT2D eigenvalue weighted by Gasteiger charge is 2.11. The molecule has 1 aromatic heterocycles. The first-order valence-corrected chi connectivity index (χ1v) is 4.69. The van der Waals surface area contributed by atoms with Crippen LogP contribution < -0.4 is 0 Å². The van der Waals surface area contributed by atoms with Gasteiger partial charge >= 0.3 is 0 Å². The predicted octanol–water partition coefficient (Wildman–Crippen LogP) is 3.55. The van der Waals surface area contributed by atoms with E-state index in [1.54, 1.807) is 6.07 Å². The molecule has 0 saturated carbocycles. The molecule has 0 atom stereocenters. The van der Waals surface area contributed by atoms with Crippen LogP contribution in [-0.2, 0) is 0 Å². The first kappa shape index (κ1) is 9.27. The number of aromatic hydroxyl groups is 1. The molecule has 0 radical (unpaired) electrons. The Kier molecular flexibility index (Phi) is 2.29. The average Bonchev–Trinajstić information content (AvgIpc) is 2.52. The van der Waals surface area contributed by atoms with Gasteiger partial charge in [-0.15, -0.1) is 0 Å². The number of rotatable bonds is 1. The van der Waals surface area contributed by atoms with Gasteiger partial charge in [-0.25, -0.2) is 4.39 Å². The molecule has 2 rings (SSSR count). The van der Waals surface area contributed by atoms with E-state index in [-0.39, 0.29) is 5.75 Å². The smallest absolute Gasteiger partial charge is 0.150 e.